The van der Waals surface area contributed by atoms with Gasteiger partial charge in [-0.3, -0.25) is 9.36 Å². The van der Waals surface area contributed by atoms with Gasteiger partial charge in [0.25, 0.3) is 0 Å². The summed E-state index contributed by atoms with van der Waals surface area (Å²) in [6.45, 7) is 1.39. The van der Waals surface area contributed by atoms with Crippen LogP contribution in [0.3, 0.4) is 0 Å². The summed E-state index contributed by atoms with van der Waals surface area (Å²) in [5, 5.41) is 8.37. The van der Waals surface area contributed by atoms with Crippen LogP contribution in [0.2, 0.25) is 0 Å². The average molecular weight is 197 g/mol. The number of hydrogen-bond acceptors (Lipinski definition) is 3. The molecule has 0 heterocycles. The van der Waals surface area contributed by atoms with Crippen molar-refractivity contribution in [3.8, 4) is 0 Å². The van der Waals surface area contributed by atoms with Gasteiger partial charge in [-0.05, 0) is 5.92 Å². The first-order chi connectivity index (χ1) is 5.24. The summed E-state index contributed by atoms with van der Waals surface area (Å²) >= 11 is 0. The van der Waals surface area contributed by atoms with Gasteiger partial charge in [-0.1, -0.05) is 6.92 Å². The molecule has 0 radical (unpaired) electrons. The van der Waals surface area contributed by atoms with E-state index >= 15 is 0 Å². The van der Waals surface area contributed by atoms with Crippen molar-refractivity contribution in [2.45, 2.75) is 13.0 Å². The van der Waals surface area contributed by atoms with Crippen molar-refractivity contribution in [3.63, 3.8) is 0 Å². The molecule has 72 valence electrons. The zero-order chi connectivity index (χ0) is 9.94. The van der Waals surface area contributed by atoms with Gasteiger partial charge in [0.1, 0.15) is 6.04 Å². The quantitative estimate of drug-likeness (QED) is 0.438. The van der Waals surface area contributed by atoms with E-state index in [9.17, 15) is 9.36 Å². The molecule has 0 amide bonds. The van der Waals surface area contributed by atoms with Gasteiger partial charge in [-0.25, -0.2) is 0 Å². The first kappa shape index (κ1) is 11.6. The molecular formula is C5H12NO5P. The zero-order valence-electron chi connectivity index (χ0n) is 6.54. The number of carboxylic acid groups (broad SMARTS) is 1. The maximum atomic E-state index is 10.4. The molecule has 0 aromatic rings. The van der Waals surface area contributed by atoms with Gasteiger partial charge in [0.05, 0.1) is 6.16 Å². The molecule has 0 spiro atoms. The number of carbonyl (C=O) groups is 1. The van der Waals surface area contributed by atoms with Crippen molar-refractivity contribution in [2.24, 2.45) is 11.7 Å². The second-order valence-electron chi connectivity index (χ2n) is 2.69. The highest BCUT2D eigenvalue weighted by Gasteiger charge is 2.26. The van der Waals surface area contributed by atoms with Gasteiger partial charge in [0, 0.05) is 0 Å². The van der Waals surface area contributed by atoms with E-state index < -0.39 is 31.7 Å². The fourth-order valence-corrected chi connectivity index (χ4v) is 1.71. The fraction of sp³-hybridized carbons (Fsp3) is 0.800. The molecule has 0 bridgehead atoms. The molecule has 7 heteroatoms. The highest BCUT2D eigenvalue weighted by molar-refractivity contribution is 7.51. The molecule has 0 aromatic heterocycles. The maximum absolute atomic E-state index is 10.4. The Labute approximate surface area is 69.5 Å². The summed E-state index contributed by atoms with van der Waals surface area (Å²) in [7, 11) is -4.16. The van der Waals surface area contributed by atoms with Gasteiger partial charge >= 0.3 is 13.6 Å². The Hall–Kier alpha value is -0.420. The molecule has 12 heavy (non-hydrogen) atoms. The van der Waals surface area contributed by atoms with Crippen LogP contribution in [0.4, 0.5) is 0 Å². The molecule has 0 saturated heterocycles. The smallest absolute Gasteiger partial charge is 0.325 e. The lowest BCUT2D eigenvalue weighted by atomic mass is 10.1. The minimum absolute atomic E-state index is 0.500. The van der Waals surface area contributed by atoms with Crippen molar-refractivity contribution < 1.29 is 24.3 Å². The van der Waals surface area contributed by atoms with E-state index in [-0.39, 0.29) is 0 Å². The number of hydrogen-bond donors (Lipinski definition) is 4. The third-order valence-corrected chi connectivity index (χ3v) is 2.48. The zero-order valence-corrected chi connectivity index (χ0v) is 7.44. The molecule has 0 aliphatic heterocycles. The molecule has 0 saturated carbocycles. The van der Waals surface area contributed by atoms with E-state index in [0.29, 0.717) is 0 Å². The molecule has 0 aliphatic carbocycles. The van der Waals surface area contributed by atoms with E-state index in [2.05, 4.69) is 0 Å². The normalized spacial score (nSPS) is 17.0. The Kier molecular flexibility index (Phi) is 3.86. The molecular weight excluding hydrogens is 185 g/mol. The number of carboxylic acids is 1. The molecule has 0 fully saturated rings. The molecule has 0 rings (SSSR count). The topological polar surface area (TPSA) is 121 Å². The largest absolute Gasteiger partial charge is 0.480 e. The lowest BCUT2D eigenvalue weighted by Gasteiger charge is -2.15. The first-order valence-corrected chi connectivity index (χ1v) is 5.07. The second kappa shape index (κ2) is 4.00. The standard InChI is InChI=1S/C5H12NO5P/c1-3(2-12(9,10)11)4(6)5(7)8/h3-4H,2,6H2,1H3,(H,7,8)(H2,9,10,11)/t3?,4-/m0/s1. The van der Waals surface area contributed by atoms with Gasteiger partial charge in [0.2, 0.25) is 0 Å². The number of aliphatic carboxylic acids is 1. The third kappa shape index (κ3) is 4.46. The van der Waals surface area contributed by atoms with Crippen LogP contribution < -0.4 is 5.73 Å². The minimum Gasteiger partial charge on any atom is -0.480 e. The molecule has 0 aliphatic rings. The summed E-state index contributed by atoms with van der Waals surface area (Å²) in [4.78, 5) is 27.2. The first-order valence-electron chi connectivity index (χ1n) is 3.27. The van der Waals surface area contributed by atoms with Crippen LogP contribution in [0.15, 0.2) is 0 Å². The Bertz CT molecular complexity index is 212. The van der Waals surface area contributed by atoms with E-state index in [0.717, 1.165) is 0 Å². The molecule has 1 unspecified atom stereocenters. The van der Waals surface area contributed by atoms with Crippen LogP contribution in [0.25, 0.3) is 0 Å². The third-order valence-electron chi connectivity index (χ3n) is 1.42. The monoisotopic (exact) mass is 197 g/mol. The lowest BCUT2D eigenvalue weighted by Crippen LogP contribution is -2.38. The molecule has 0 aromatic carbocycles. The van der Waals surface area contributed by atoms with Crippen molar-refractivity contribution in [3.05, 3.63) is 0 Å². The predicted octanol–water partition coefficient (Wildman–Crippen LogP) is -0.788. The fourth-order valence-electron chi connectivity index (χ4n) is 0.732. The molecule has 2 atom stereocenters. The van der Waals surface area contributed by atoms with E-state index in [4.69, 9.17) is 20.6 Å². The SMILES string of the molecule is CC(CP(=O)(O)O)[C@H](N)C(=O)O. The summed E-state index contributed by atoms with van der Waals surface area (Å²) in [6.07, 6.45) is -0.500. The Morgan fingerprint density at radius 2 is 2.00 bits per heavy atom. The highest BCUT2D eigenvalue weighted by Crippen LogP contribution is 2.37. The van der Waals surface area contributed by atoms with Gasteiger partial charge in [-0.2, -0.15) is 0 Å². The lowest BCUT2D eigenvalue weighted by molar-refractivity contribution is -0.139. The Balaban J connectivity index is 4.13. The molecule has 6 nitrogen and oxygen atoms in total. The van der Waals surface area contributed by atoms with Crippen LogP contribution in [0, 0.1) is 5.92 Å². The van der Waals surface area contributed by atoms with Crippen LogP contribution in [-0.2, 0) is 9.36 Å². The Morgan fingerprint density at radius 1 is 1.58 bits per heavy atom. The van der Waals surface area contributed by atoms with Crippen LogP contribution in [-0.4, -0.2) is 33.1 Å². The minimum atomic E-state index is -4.16. The summed E-state index contributed by atoms with van der Waals surface area (Å²) in [6, 6.07) is -1.22. The van der Waals surface area contributed by atoms with Gasteiger partial charge in [-0.15, -0.1) is 0 Å². The van der Waals surface area contributed by atoms with E-state index in [1.165, 1.54) is 6.92 Å². The van der Waals surface area contributed by atoms with Gasteiger partial charge in [0.15, 0.2) is 0 Å². The van der Waals surface area contributed by atoms with Crippen molar-refractivity contribution >= 4 is 13.6 Å². The summed E-state index contributed by atoms with van der Waals surface area (Å²) in [5.41, 5.74) is 5.12. The van der Waals surface area contributed by atoms with Crippen molar-refractivity contribution in [1.29, 1.82) is 0 Å². The van der Waals surface area contributed by atoms with Crippen molar-refractivity contribution in [2.75, 3.05) is 6.16 Å². The average Bonchev–Trinajstić information content (AvgIpc) is 1.82. The number of rotatable bonds is 4. The van der Waals surface area contributed by atoms with Crippen LogP contribution in [0.1, 0.15) is 6.92 Å². The predicted molar refractivity (Wildman–Crippen MR) is 41.7 cm³/mol. The van der Waals surface area contributed by atoms with Crippen LogP contribution in [0.5, 0.6) is 0 Å². The van der Waals surface area contributed by atoms with Gasteiger partial charge < -0.3 is 20.6 Å². The summed E-state index contributed by atoms with van der Waals surface area (Å²) < 4.78 is 10.4. The maximum Gasteiger partial charge on any atom is 0.325 e. The van der Waals surface area contributed by atoms with Crippen LogP contribution >= 0.6 is 7.60 Å². The van der Waals surface area contributed by atoms with E-state index in [1.807, 2.05) is 0 Å². The van der Waals surface area contributed by atoms with Crippen molar-refractivity contribution in [1.82, 2.24) is 0 Å². The Morgan fingerprint density at radius 3 is 2.25 bits per heavy atom. The number of nitrogens with two attached hydrogens (primary N) is 1. The summed E-state index contributed by atoms with van der Waals surface area (Å²) in [5.74, 6) is -1.99. The highest BCUT2D eigenvalue weighted by atomic mass is 31.2. The second-order valence-corrected chi connectivity index (χ2v) is 4.38. The van der Waals surface area contributed by atoms with E-state index in [1.54, 1.807) is 0 Å². The molecule has 5 N–H and O–H groups in total.